The fraction of sp³-hybridized carbons (Fsp3) is 0.310. The van der Waals surface area contributed by atoms with Gasteiger partial charge in [0.25, 0.3) is 0 Å². The molecule has 2 aliphatic rings. The number of nitrogens with zero attached hydrogens (tertiary/aromatic N) is 3. The summed E-state index contributed by atoms with van der Waals surface area (Å²) in [4.78, 5) is 47.6. The minimum absolute atomic E-state index is 0.0188. The molecule has 1 aliphatic carbocycles. The van der Waals surface area contributed by atoms with Crippen molar-refractivity contribution in [2.75, 3.05) is 6.54 Å². The van der Waals surface area contributed by atoms with E-state index in [0.717, 1.165) is 35.1 Å². The van der Waals surface area contributed by atoms with Crippen molar-refractivity contribution in [3.8, 4) is 11.1 Å². The van der Waals surface area contributed by atoms with Crippen LogP contribution in [0.1, 0.15) is 43.7 Å². The molecule has 1 saturated heterocycles. The maximum Gasteiger partial charge on any atom is 0.241 e. The molecule has 2 fully saturated rings. The van der Waals surface area contributed by atoms with Gasteiger partial charge in [-0.3, -0.25) is 24.3 Å². The summed E-state index contributed by atoms with van der Waals surface area (Å²) in [6.45, 7) is 2.88. The van der Waals surface area contributed by atoms with Gasteiger partial charge in [-0.2, -0.15) is 0 Å². The zero-order valence-corrected chi connectivity index (χ0v) is 19.9. The molecule has 2 aromatic carbocycles. The van der Waals surface area contributed by atoms with Crippen molar-refractivity contribution in [2.24, 2.45) is 0 Å². The Hall–Kier alpha value is -3.80. The van der Waals surface area contributed by atoms with Crippen molar-refractivity contribution in [1.82, 2.24) is 14.8 Å². The monoisotopic (exact) mass is 467 g/mol. The van der Waals surface area contributed by atoms with E-state index in [2.05, 4.69) is 4.98 Å². The van der Waals surface area contributed by atoms with Gasteiger partial charge >= 0.3 is 0 Å². The Morgan fingerprint density at radius 1 is 0.971 bits per heavy atom. The Morgan fingerprint density at radius 2 is 1.63 bits per heavy atom. The number of benzene rings is 2. The Balaban J connectivity index is 1.47. The highest BCUT2D eigenvalue weighted by Gasteiger charge is 2.57. The lowest BCUT2D eigenvalue weighted by molar-refractivity contribution is -0.143. The smallest absolute Gasteiger partial charge is 0.241 e. The molecular weight excluding hydrogens is 438 g/mol. The number of rotatable bonds is 8. The van der Waals surface area contributed by atoms with E-state index in [9.17, 15) is 14.4 Å². The number of likely N-dealkylation sites (tertiary alicyclic amines) is 1. The number of carbonyl (C=O) groups excluding carboxylic acids is 3. The van der Waals surface area contributed by atoms with Gasteiger partial charge in [0.15, 0.2) is 0 Å². The van der Waals surface area contributed by atoms with Crippen molar-refractivity contribution in [3.05, 3.63) is 90.3 Å². The zero-order valence-electron chi connectivity index (χ0n) is 19.9. The molecule has 3 amide bonds. The van der Waals surface area contributed by atoms with Gasteiger partial charge in [-0.1, -0.05) is 54.6 Å². The lowest BCUT2D eigenvalue weighted by Gasteiger charge is -2.30. The number of aromatic nitrogens is 1. The Morgan fingerprint density at radius 3 is 2.26 bits per heavy atom. The minimum atomic E-state index is -1.17. The van der Waals surface area contributed by atoms with Gasteiger partial charge in [0.05, 0.1) is 5.41 Å². The average molecular weight is 468 g/mol. The summed E-state index contributed by atoms with van der Waals surface area (Å²) >= 11 is 0. The van der Waals surface area contributed by atoms with Crippen LogP contribution in [-0.4, -0.2) is 45.1 Å². The van der Waals surface area contributed by atoms with E-state index < -0.39 is 5.41 Å². The van der Waals surface area contributed by atoms with Crippen LogP contribution in [0.15, 0.2) is 79.1 Å². The Bertz CT molecular complexity index is 1220. The van der Waals surface area contributed by atoms with Crippen LogP contribution in [-0.2, 0) is 26.3 Å². The summed E-state index contributed by atoms with van der Waals surface area (Å²) in [6.07, 6.45) is 5.11. The van der Waals surface area contributed by atoms with E-state index in [1.54, 1.807) is 17.3 Å². The first kappa shape index (κ1) is 23.0. The van der Waals surface area contributed by atoms with Gasteiger partial charge in [-0.05, 0) is 54.2 Å². The molecule has 1 saturated carbocycles. The third kappa shape index (κ3) is 4.48. The molecule has 6 heteroatoms. The second-order valence-corrected chi connectivity index (χ2v) is 9.44. The Labute approximate surface area is 205 Å². The van der Waals surface area contributed by atoms with Crippen molar-refractivity contribution < 1.29 is 14.4 Å². The predicted octanol–water partition coefficient (Wildman–Crippen LogP) is 4.35. The van der Waals surface area contributed by atoms with E-state index in [1.165, 1.54) is 4.90 Å². The van der Waals surface area contributed by atoms with Gasteiger partial charge in [0, 0.05) is 44.4 Å². The maximum absolute atomic E-state index is 13.8. The van der Waals surface area contributed by atoms with Crippen LogP contribution in [0, 0.1) is 0 Å². The first-order valence-corrected chi connectivity index (χ1v) is 12.2. The normalized spacial score (nSPS) is 19.7. The SMILES string of the molecule is CCN(Cc1ccncc1)C(=O)CC1(c2ccc(-c3ccccc3)cc2)CC(=O)N(C2CC2)C1=O. The highest BCUT2D eigenvalue weighted by atomic mass is 16.2. The third-order valence-corrected chi connectivity index (χ3v) is 7.12. The maximum atomic E-state index is 13.8. The fourth-order valence-corrected chi connectivity index (χ4v) is 5.00. The van der Waals surface area contributed by atoms with E-state index in [-0.39, 0.29) is 36.6 Å². The molecule has 178 valence electrons. The number of hydrogen-bond acceptors (Lipinski definition) is 4. The summed E-state index contributed by atoms with van der Waals surface area (Å²) in [6, 6.07) is 21.5. The minimum Gasteiger partial charge on any atom is -0.339 e. The first-order chi connectivity index (χ1) is 17.0. The van der Waals surface area contributed by atoms with Gasteiger partial charge < -0.3 is 4.90 Å². The third-order valence-electron chi connectivity index (χ3n) is 7.12. The van der Waals surface area contributed by atoms with Crippen LogP contribution in [0.3, 0.4) is 0 Å². The summed E-state index contributed by atoms with van der Waals surface area (Å²) in [5.74, 6) is -0.532. The molecule has 2 heterocycles. The molecule has 1 aromatic heterocycles. The van der Waals surface area contributed by atoms with Gasteiger partial charge in [0.1, 0.15) is 0 Å². The van der Waals surface area contributed by atoms with Crippen molar-refractivity contribution >= 4 is 17.7 Å². The summed E-state index contributed by atoms with van der Waals surface area (Å²) < 4.78 is 0. The molecule has 0 bridgehead atoms. The van der Waals surface area contributed by atoms with Crippen LogP contribution < -0.4 is 0 Å². The number of hydrogen-bond donors (Lipinski definition) is 0. The summed E-state index contributed by atoms with van der Waals surface area (Å²) in [5, 5.41) is 0. The van der Waals surface area contributed by atoms with Gasteiger partial charge in [-0.25, -0.2) is 0 Å². The first-order valence-electron chi connectivity index (χ1n) is 12.2. The van der Waals surface area contributed by atoms with Crippen LogP contribution in [0.4, 0.5) is 0 Å². The highest BCUT2D eigenvalue weighted by Crippen LogP contribution is 2.45. The molecule has 1 atom stereocenters. The van der Waals surface area contributed by atoms with Crippen molar-refractivity contribution in [3.63, 3.8) is 0 Å². The van der Waals surface area contributed by atoms with Crippen molar-refractivity contribution in [2.45, 2.75) is 50.6 Å². The quantitative estimate of drug-likeness (QED) is 0.462. The van der Waals surface area contributed by atoms with Crippen LogP contribution >= 0.6 is 0 Å². The van der Waals surface area contributed by atoms with Crippen molar-refractivity contribution in [1.29, 1.82) is 0 Å². The second-order valence-electron chi connectivity index (χ2n) is 9.44. The predicted molar refractivity (Wildman–Crippen MR) is 133 cm³/mol. The summed E-state index contributed by atoms with van der Waals surface area (Å²) in [5.41, 5.74) is 2.64. The lowest BCUT2D eigenvalue weighted by atomic mass is 9.75. The van der Waals surface area contributed by atoms with Gasteiger partial charge in [-0.15, -0.1) is 0 Å². The van der Waals surface area contributed by atoms with Crippen LogP contribution in [0.5, 0.6) is 0 Å². The molecule has 0 spiro atoms. The molecule has 0 N–H and O–H groups in total. The molecule has 0 radical (unpaired) electrons. The highest BCUT2D eigenvalue weighted by molar-refractivity contribution is 6.11. The molecule has 1 unspecified atom stereocenters. The second kappa shape index (κ2) is 9.45. The number of amides is 3. The molecule has 6 nitrogen and oxygen atoms in total. The number of carbonyl (C=O) groups is 3. The molecule has 3 aromatic rings. The molecule has 1 aliphatic heterocycles. The largest absolute Gasteiger partial charge is 0.339 e. The van der Waals surface area contributed by atoms with E-state index in [4.69, 9.17) is 0 Å². The topological polar surface area (TPSA) is 70.6 Å². The summed E-state index contributed by atoms with van der Waals surface area (Å²) in [7, 11) is 0. The van der Waals surface area contributed by atoms with Crippen LogP contribution in [0.25, 0.3) is 11.1 Å². The fourth-order valence-electron chi connectivity index (χ4n) is 5.00. The lowest BCUT2D eigenvalue weighted by Crippen LogP contribution is -2.44. The van der Waals surface area contributed by atoms with E-state index in [0.29, 0.717) is 13.1 Å². The van der Waals surface area contributed by atoms with E-state index >= 15 is 0 Å². The number of pyridine rings is 1. The zero-order chi connectivity index (χ0) is 24.4. The van der Waals surface area contributed by atoms with Gasteiger partial charge in [0.2, 0.25) is 17.7 Å². The molecular formula is C29H29N3O3. The average Bonchev–Trinajstić information content (AvgIpc) is 3.69. The number of imide groups is 1. The van der Waals surface area contributed by atoms with E-state index in [1.807, 2.05) is 73.7 Å². The molecule has 5 rings (SSSR count). The standard InChI is InChI=1S/C29H29N3O3/c1-2-31(20-21-14-16-30-17-15-21)26(33)18-29(19-27(34)32(28(29)35)25-12-13-25)24-10-8-23(9-11-24)22-6-4-3-5-7-22/h3-11,14-17,25H,2,12-13,18-20H2,1H3. The Kier molecular flexibility index (Phi) is 6.20. The van der Waals surface area contributed by atoms with Crippen LogP contribution in [0.2, 0.25) is 0 Å². The molecule has 35 heavy (non-hydrogen) atoms.